The summed E-state index contributed by atoms with van der Waals surface area (Å²) in [7, 11) is 0. The Bertz CT molecular complexity index is 4060. The van der Waals surface area contributed by atoms with Gasteiger partial charge in [0.15, 0.2) is 0 Å². The largest absolute Gasteiger partial charge is 0.310 e. The van der Waals surface area contributed by atoms with Crippen LogP contribution in [0.4, 0.5) is 17.1 Å². The highest BCUT2D eigenvalue weighted by atomic mass is 15.1. The van der Waals surface area contributed by atoms with Crippen molar-refractivity contribution in [1.82, 2.24) is 0 Å². The van der Waals surface area contributed by atoms with Crippen molar-refractivity contribution in [2.45, 2.75) is 10.8 Å². The van der Waals surface area contributed by atoms with E-state index in [-0.39, 0.29) is 0 Å². The van der Waals surface area contributed by atoms with E-state index in [0.717, 1.165) is 28.2 Å². The maximum absolute atomic E-state index is 2.46. The van der Waals surface area contributed by atoms with E-state index in [1.807, 2.05) is 0 Å². The molecule has 75 heavy (non-hydrogen) atoms. The lowest BCUT2D eigenvalue weighted by atomic mass is 9.51. The zero-order valence-electron chi connectivity index (χ0n) is 41.2. The standard InChI is InChI=1S/C74H49N/c1-4-21-50(22-5-1)52-39-44-56(45-40-52)75(71-48-43-55(51-23-6-2-7-24-51)49-63(71)53-25-8-3-9-26-53)57-46-41-54(42-47-57)58-31-20-38-70-72(58)74(66-34-16-12-29-61(66)62-30-13-17-35-67(62)74)69-37-19-18-36-68(69)73(70)64-32-14-10-27-59(64)60-28-11-15-33-65(60)73/h1-49H. The predicted octanol–water partition coefficient (Wildman–Crippen LogP) is 18.9. The third kappa shape index (κ3) is 6.25. The Morgan fingerprint density at radius 1 is 0.200 bits per heavy atom. The summed E-state index contributed by atoms with van der Waals surface area (Å²) >= 11 is 0. The lowest BCUT2D eigenvalue weighted by molar-refractivity contribution is 0.634. The summed E-state index contributed by atoms with van der Waals surface area (Å²) < 4.78 is 0. The molecule has 0 N–H and O–H groups in total. The van der Waals surface area contributed by atoms with Gasteiger partial charge in [0, 0.05) is 16.9 Å². The van der Waals surface area contributed by atoms with Gasteiger partial charge in [-0.05, 0) is 142 Å². The van der Waals surface area contributed by atoms with E-state index < -0.39 is 10.8 Å². The van der Waals surface area contributed by atoms with Crippen LogP contribution in [0.3, 0.4) is 0 Å². The van der Waals surface area contributed by atoms with Gasteiger partial charge in [0.25, 0.3) is 0 Å². The molecule has 0 saturated heterocycles. The summed E-state index contributed by atoms with van der Waals surface area (Å²) in [6.45, 7) is 0. The molecule has 15 rings (SSSR count). The molecule has 12 aromatic rings. The number of nitrogens with zero attached hydrogens (tertiary/aromatic N) is 1. The van der Waals surface area contributed by atoms with Crippen LogP contribution in [-0.2, 0) is 10.8 Å². The van der Waals surface area contributed by atoms with Crippen LogP contribution in [0.15, 0.2) is 297 Å². The van der Waals surface area contributed by atoms with Crippen molar-refractivity contribution in [3.05, 3.63) is 342 Å². The summed E-state index contributed by atoms with van der Waals surface area (Å²) in [4.78, 5) is 2.44. The predicted molar refractivity (Wildman–Crippen MR) is 311 cm³/mol. The van der Waals surface area contributed by atoms with Crippen LogP contribution in [-0.4, -0.2) is 0 Å². The Morgan fingerprint density at radius 2 is 0.533 bits per heavy atom. The summed E-state index contributed by atoms with van der Waals surface area (Å²) in [6.07, 6.45) is 0. The molecule has 0 aliphatic heterocycles. The number of hydrogen-bond acceptors (Lipinski definition) is 1. The first-order valence-electron chi connectivity index (χ1n) is 26.2. The number of benzene rings is 12. The first-order valence-corrected chi connectivity index (χ1v) is 26.2. The minimum absolute atomic E-state index is 0.560. The molecule has 0 fully saturated rings. The Balaban J connectivity index is 0.980. The minimum Gasteiger partial charge on any atom is -0.310 e. The average Bonchev–Trinajstić information content (AvgIpc) is 4.21. The number of rotatable bonds is 7. The molecule has 0 heterocycles. The molecule has 0 atom stereocenters. The van der Waals surface area contributed by atoms with E-state index in [9.17, 15) is 0 Å². The second-order valence-corrected chi connectivity index (χ2v) is 20.2. The molecule has 3 aliphatic carbocycles. The van der Waals surface area contributed by atoms with Crippen LogP contribution in [0.2, 0.25) is 0 Å². The molecule has 1 nitrogen and oxygen atoms in total. The number of fused-ring (bicyclic) bond motifs is 16. The van der Waals surface area contributed by atoms with Gasteiger partial charge in [-0.2, -0.15) is 0 Å². The van der Waals surface area contributed by atoms with Crippen molar-refractivity contribution >= 4 is 17.1 Å². The Labute approximate surface area is 439 Å². The maximum atomic E-state index is 2.46. The Morgan fingerprint density at radius 3 is 1.04 bits per heavy atom. The van der Waals surface area contributed by atoms with Crippen LogP contribution in [0.5, 0.6) is 0 Å². The van der Waals surface area contributed by atoms with Crippen molar-refractivity contribution in [2.24, 2.45) is 0 Å². The van der Waals surface area contributed by atoms with E-state index in [1.54, 1.807) is 0 Å². The zero-order valence-corrected chi connectivity index (χ0v) is 41.2. The molecule has 0 aromatic heterocycles. The lowest BCUT2D eigenvalue weighted by Crippen LogP contribution is -2.44. The average molecular weight is 952 g/mol. The molecule has 350 valence electrons. The van der Waals surface area contributed by atoms with E-state index in [0.29, 0.717) is 0 Å². The highest BCUT2D eigenvalue weighted by Gasteiger charge is 2.59. The van der Waals surface area contributed by atoms with Crippen molar-refractivity contribution in [2.75, 3.05) is 4.90 Å². The van der Waals surface area contributed by atoms with Gasteiger partial charge in [-0.3, -0.25) is 0 Å². The molecular weight excluding hydrogens is 903 g/mol. The molecule has 12 aromatic carbocycles. The Hall–Kier alpha value is -9.56. The number of hydrogen-bond donors (Lipinski definition) is 0. The molecule has 0 saturated carbocycles. The smallest absolute Gasteiger partial charge is 0.0725 e. The second-order valence-electron chi connectivity index (χ2n) is 20.2. The summed E-state index contributed by atoms with van der Waals surface area (Å²) in [5, 5.41) is 0. The van der Waals surface area contributed by atoms with Crippen molar-refractivity contribution in [1.29, 1.82) is 0 Å². The normalized spacial score (nSPS) is 13.5. The third-order valence-electron chi connectivity index (χ3n) is 16.6. The lowest BCUT2D eigenvalue weighted by Gasteiger charge is -2.49. The van der Waals surface area contributed by atoms with Crippen molar-refractivity contribution in [3.63, 3.8) is 0 Å². The Kier molecular flexibility index (Phi) is 9.77. The summed E-state index contributed by atoms with van der Waals surface area (Å²) in [6, 6.07) is 111. The highest BCUT2D eigenvalue weighted by Crippen LogP contribution is 2.68. The minimum atomic E-state index is -0.607. The van der Waals surface area contributed by atoms with Crippen LogP contribution >= 0.6 is 0 Å². The van der Waals surface area contributed by atoms with Gasteiger partial charge in [0.1, 0.15) is 0 Å². The van der Waals surface area contributed by atoms with E-state index in [4.69, 9.17) is 0 Å². The van der Waals surface area contributed by atoms with Crippen molar-refractivity contribution in [3.8, 4) is 66.8 Å². The SMILES string of the molecule is c1ccc(-c2ccc(N(c3ccc(-c4cccc5c4C4(c6ccccc6-c6ccccc64)c4ccccc4C54c5ccccc5-c5ccccc54)cc3)c3ccc(-c4ccccc4)cc3-c3ccccc3)cc2)cc1. The van der Waals surface area contributed by atoms with Crippen LogP contribution in [0.1, 0.15) is 44.5 Å². The first kappa shape index (κ1) is 43.1. The summed E-state index contributed by atoms with van der Waals surface area (Å²) in [5.74, 6) is 0. The molecular formula is C74H49N. The zero-order chi connectivity index (χ0) is 49.5. The van der Waals surface area contributed by atoms with Gasteiger partial charge >= 0.3 is 0 Å². The second kappa shape index (κ2) is 17.0. The highest BCUT2D eigenvalue weighted by molar-refractivity contribution is 5.97. The molecule has 2 spiro atoms. The third-order valence-corrected chi connectivity index (χ3v) is 16.6. The van der Waals surface area contributed by atoms with Crippen LogP contribution in [0, 0.1) is 0 Å². The van der Waals surface area contributed by atoms with Gasteiger partial charge in [0.2, 0.25) is 0 Å². The van der Waals surface area contributed by atoms with Gasteiger partial charge in [-0.15, -0.1) is 0 Å². The fourth-order valence-corrected chi connectivity index (χ4v) is 13.6. The van der Waals surface area contributed by atoms with Crippen LogP contribution < -0.4 is 4.90 Å². The first-order chi connectivity index (χ1) is 37.2. The van der Waals surface area contributed by atoms with Crippen molar-refractivity contribution < 1.29 is 0 Å². The van der Waals surface area contributed by atoms with Gasteiger partial charge in [-0.25, -0.2) is 0 Å². The molecule has 1 heteroatoms. The van der Waals surface area contributed by atoms with E-state index in [1.165, 1.54) is 100 Å². The van der Waals surface area contributed by atoms with Gasteiger partial charge in [0.05, 0.1) is 16.5 Å². The molecule has 0 bridgehead atoms. The van der Waals surface area contributed by atoms with E-state index in [2.05, 4.69) is 302 Å². The van der Waals surface area contributed by atoms with Crippen LogP contribution in [0.25, 0.3) is 66.8 Å². The fraction of sp³-hybridized carbons (Fsp3) is 0.0270. The van der Waals surface area contributed by atoms with Gasteiger partial charge < -0.3 is 4.90 Å². The topological polar surface area (TPSA) is 3.24 Å². The van der Waals surface area contributed by atoms with Gasteiger partial charge in [-0.1, -0.05) is 261 Å². The molecule has 0 amide bonds. The van der Waals surface area contributed by atoms with E-state index >= 15 is 0 Å². The maximum Gasteiger partial charge on any atom is 0.0725 e. The fourth-order valence-electron chi connectivity index (χ4n) is 13.6. The summed E-state index contributed by atoms with van der Waals surface area (Å²) in [5.41, 5.74) is 27.5. The molecule has 0 radical (unpaired) electrons. The number of anilines is 3. The monoisotopic (exact) mass is 951 g/mol. The molecule has 0 unspecified atom stereocenters. The molecule has 3 aliphatic rings. The quantitative estimate of drug-likeness (QED) is 0.154.